The lowest BCUT2D eigenvalue weighted by molar-refractivity contribution is -0.346. The lowest BCUT2D eigenvalue weighted by atomic mass is 9.81. The highest BCUT2D eigenvalue weighted by Crippen LogP contribution is 2.49. The normalized spacial score (nSPS) is 36.8. The van der Waals surface area contributed by atoms with E-state index in [1.54, 1.807) is 0 Å². The predicted molar refractivity (Wildman–Crippen MR) is 125 cm³/mol. The number of fused-ring (bicyclic) bond motifs is 1. The van der Waals surface area contributed by atoms with Crippen LogP contribution in [0, 0.1) is 11.8 Å². The van der Waals surface area contributed by atoms with Gasteiger partial charge < -0.3 is 54.7 Å². The molecule has 0 unspecified atom stereocenters. The van der Waals surface area contributed by atoms with Gasteiger partial charge in [-0.3, -0.25) is 0 Å². The van der Waals surface area contributed by atoms with Crippen LogP contribution in [-0.4, -0.2) is 96.9 Å². The lowest BCUT2D eigenvalue weighted by Crippen LogP contribution is -2.61. The fourth-order valence-electron chi connectivity index (χ4n) is 5.10. The Hall–Kier alpha value is -3.20. The second kappa shape index (κ2) is 10.9. The molecule has 1 saturated heterocycles. The van der Waals surface area contributed by atoms with E-state index in [9.17, 15) is 45.3 Å². The van der Waals surface area contributed by atoms with Gasteiger partial charge in [-0.05, 0) is 43.5 Å². The Labute approximate surface area is 216 Å². The van der Waals surface area contributed by atoms with Crippen molar-refractivity contribution in [2.75, 3.05) is 6.61 Å². The number of benzene rings is 1. The highest BCUT2D eigenvalue weighted by Gasteiger charge is 2.56. The van der Waals surface area contributed by atoms with Crippen molar-refractivity contribution in [2.24, 2.45) is 11.8 Å². The molecule has 2 heterocycles. The van der Waals surface area contributed by atoms with E-state index in [0.717, 1.165) is 12.3 Å². The first-order chi connectivity index (χ1) is 17.9. The summed E-state index contributed by atoms with van der Waals surface area (Å²) in [5.74, 6) is -4.41. The van der Waals surface area contributed by atoms with Gasteiger partial charge in [-0.25, -0.2) is 9.59 Å². The van der Waals surface area contributed by atoms with Crippen molar-refractivity contribution in [1.82, 2.24) is 0 Å². The summed E-state index contributed by atoms with van der Waals surface area (Å²) in [6.07, 6.45) is -5.32. The summed E-state index contributed by atoms with van der Waals surface area (Å²) >= 11 is 0. The molecule has 2 aliphatic heterocycles. The first-order valence-corrected chi connectivity index (χ1v) is 11.9. The number of carbonyl (C=O) groups is 2. The van der Waals surface area contributed by atoms with Gasteiger partial charge in [0.25, 0.3) is 0 Å². The quantitative estimate of drug-likeness (QED) is 0.134. The summed E-state index contributed by atoms with van der Waals surface area (Å²) in [7, 11) is 0. The number of phenols is 2. The SMILES string of the molecule is C[C@]1(O)CC[C@@H]2C(C(=O)O)=CO[C@@H](O[C@@H]3O[C@H](CO)[C@@H](O)[C@H](O)[C@H]3OC(=O)C=Cc3ccc(O)c(O)c3)[C@@H]21. The Morgan fingerprint density at radius 2 is 1.89 bits per heavy atom. The molecule has 2 fully saturated rings. The Bertz CT molecular complexity index is 1110. The molecule has 208 valence electrons. The summed E-state index contributed by atoms with van der Waals surface area (Å²) in [4.78, 5) is 24.2. The fourth-order valence-corrected chi connectivity index (χ4v) is 5.10. The van der Waals surface area contributed by atoms with Crippen LogP contribution in [0.2, 0.25) is 0 Å². The van der Waals surface area contributed by atoms with Gasteiger partial charge in [0.1, 0.15) is 18.3 Å². The average molecular weight is 539 g/mol. The van der Waals surface area contributed by atoms with Crippen LogP contribution in [0.25, 0.3) is 6.08 Å². The minimum atomic E-state index is -1.76. The molecule has 0 bridgehead atoms. The van der Waals surface area contributed by atoms with Crippen LogP contribution in [0.15, 0.2) is 36.1 Å². The van der Waals surface area contributed by atoms with Gasteiger partial charge in [0.2, 0.25) is 12.6 Å². The summed E-state index contributed by atoms with van der Waals surface area (Å²) in [5, 5.41) is 70.1. The monoisotopic (exact) mass is 538 g/mol. The van der Waals surface area contributed by atoms with E-state index in [1.807, 2.05) is 0 Å². The van der Waals surface area contributed by atoms with Crippen LogP contribution in [0.3, 0.4) is 0 Å². The number of carboxylic acid groups (broad SMARTS) is 1. The molecule has 13 nitrogen and oxygen atoms in total. The number of aliphatic hydroxyl groups is 4. The van der Waals surface area contributed by atoms with Gasteiger partial charge in [0, 0.05) is 12.0 Å². The number of carbonyl (C=O) groups excluding carboxylic acids is 1. The molecular formula is C25H30O13. The maximum absolute atomic E-state index is 12.6. The molecule has 38 heavy (non-hydrogen) atoms. The van der Waals surface area contributed by atoms with E-state index in [0.29, 0.717) is 12.0 Å². The van der Waals surface area contributed by atoms with Gasteiger partial charge in [-0.2, -0.15) is 0 Å². The largest absolute Gasteiger partial charge is 0.504 e. The second-order valence-electron chi connectivity index (χ2n) is 9.74. The Balaban J connectivity index is 1.55. The van der Waals surface area contributed by atoms with Gasteiger partial charge >= 0.3 is 11.9 Å². The van der Waals surface area contributed by atoms with Crippen molar-refractivity contribution in [1.29, 1.82) is 0 Å². The highest BCUT2D eigenvalue weighted by molar-refractivity contribution is 5.87. The Morgan fingerprint density at radius 1 is 1.16 bits per heavy atom. The van der Waals surface area contributed by atoms with E-state index in [-0.39, 0.29) is 17.7 Å². The zero-order valence-corrected chi connectivity index (χ0v) is 20.3. The van der Waals surface area contributed by atoms with E-state index in [4.69, 9.17) is 18.9 Å². The topological polar surface area (TPSA) is 213 Å². The first kappa shape index (κ1) is 27.8. The van der Waals surface area contributed by atoms with E-state index < -0.39 is 78.7 Å². The van der Waals surface area contributed by atoms with Crippen molar-refractivity contribution in [3.8, 4) is 11.5 Å². The average Bonchev–Trinajstić information content (AvgIpc) is 3.19. The third kappa shape index (κ3) is 5.48. The van der Waals surface area contributed by atoms with E-state index >= 15 is 0 Å². The standard InChI is InChI=1S/C25H30O13/c1-25(34)7-6-12-13(22(32)33)10-35-23(18(12)25)38-24-21(20(31)19(30)16(9-26)36-24)37-17(29)5-3-11-2-4-14(27)15(28)8-11/h2-5,8,10,12,16,18-21,23-24,26-28,30-31,34H,6-7,9H2,1H3,(H,32,33)/t12-,16-,18-,19-,20+,21-,23+,24+,25+/m1/s1. The van der Waals surface area contributed by atoms with Crippen molar-refractivity contribution < 1.29 is 64.3 Å². The molecule has 0 amide bonds. The number of hydrogen-bond acceptors (Lipinski definition) is 12. The molecule has 1 aromatic carbocycles. The van der Waals surface area contributed by atoms with E-state index in [1.165, 1.54) is 31.2 Å². The summed E-state index contributed by atoms with van der Waals surface area (Å²) < 4.78 is 22.3. The number of phenolic OH excluding ortho intramolecular Hbond substituents is 2. The van der Waals surface area contributed by atoms with Crippen LogP contribution in [0.4, 0.5) is 0 Å². The number of ether oxygens (including phenoxy) is 4. The second-order valence-corrected chi connectivity index (χ2v) is 9.74. The molecule has 13 heteroatoms. The van der Waals surface area contributed by atoms with Crippen molar-refractivity contribution in [2.45, 2.75) is 62.4 Å². The zero-order chi connectivity index (χ0) is 27.8. The molecule has 7 N–H and O–H groups in total. The van der Waals surface area contributed by atoms with Crippen molar-refractivity contribution >= 4 is 18.0 Å². The molecule has 1 saturated carbocycles. The van der Waals surface area contributed by atoms with Crippen LogP contribution in [-0.2, 0) is 28.5 Å². The highest BCUT2D eigenvalue weighted by atomic mass is 16.8. The number of rotatable bonds is 7. The molecule has 3 aliphatic rings. The minimum absolute atomic E-state index is 0.0331. The Morgan fingerprint density at radius 3 is 2.55 bits per heavy atom. The molecule has 4 rings (SSSR count). The maximum Gasteiger partial charge on any atom is 0.334 e. The lowest BCUT2D eigenvalue weighted by Gasteiger charge is -2.44. The summed E-state index contributed by atoms with van der Waals surface area (Å²) in [6.45, 7) is 0.809. The first-order valence-electron chi connectivity index (χ1n) is 11.9. The number of aliphatic carboxylic acids is 1. The van der Waals surface area contributed by atoms with Gasteiger partial charge in [-0.15, -0.1) is 0 Å². The maximum atomic E-state index is 12.6. The zero-order valence-electron chi connectivity index (χ0n) is 20.3. The number of carboxylic acids is 1. The molecule has 0 radical (unpaired) electrons. The molecule has 9 atom stereocenters. The summed E-state index contributed by atoms with van der Waals surface area (Å²) in [6, 6.07) is 3.83. The number of hydrogen-bond donors (Lipinski definition) is 7. The van der Waals surface area contributed by atoms with Gasteiger partial charge in [0.15, 0.2) is 17.6 Å². The molecule has 1 aromatic rings. The number of esters is 1. The Kier molecular flexibility index (Phi) is 7.97. The van der Waals surface area contributed by atoms with Crippen LogP contribution in [0.5, 0.6) is 11.5 Å². The smallest absolute Gasteiger partial charge is 0.334 e. The predicted octanol–water partition coefficient (Wildman–Crippen LogP) is -0.420. The molecule has 1 aliphatic carbocycles. The van der Waals surface area contributed by atoms with Crippen molar-refractivity contribution in [3.63, 3.8) is 0 Å². The number of aromatic hydroxyl groups is 2. The molecule has 0 spiro atoms. The van der Waals surface area contributed by atoms with Gasteiger partial charge in [0.05, 0.1) is 30.0 Å². The number of aliphatic hydroxyl groups excluding tert-OH is 3. The van der Waals surface area contributed by atoms with Crippen LogP contribution < -0.4 is 0 Å². The third-order valence-electron chi connectivity index (χ3n) is 7.14. The minimum Gasteiger partial charge on any atom is -0.504 e. The van der Waals surface area contributed by atoms with Crippen molar-refractivity contribution in [3.05, 3.63) is 41.7 Å². The third-order valence-corrected chi connectivity index (χ3v) is 7.14. The van der Waals surface area contributed by atoms with Gasteiger partial charge in [-0.1, -0.05) is 6.07 Å². The summed E-state index contributed by atoms with van der Waals surface area (Å²) in [5.41, 5.74) is -1.07. The molecule has 0 aromatic heterocycles. The van der Waals surface area contributed by atoms with Crippen LogP contribution in [0.1, 0.15) is 25.3 Å². The van der Waals surface area contributed by atoms with Crippen LogP contribution >= 0.6 is 0 Å². The fraction of sp³-hybridized carbons (Fsp3) is 0.520. The molecular weight excluding hydrogens is 508 g/mol. The van der Waals surface area contributed by atoms with E-state index in [2.05, 4.69) is 0 Å².